The highest BCUT2D eigenvalue weighted by molar-refractivity contribution is 7.17. The van der Waals surface area contributed by atoms with E-state index in [0.717, 1.165) is 22.4 Å². The third-order valence-corrected chi connectivity index (χ3v) is 6.08. The van der Waals surface area contributed by atoms with Crippen molar-refractivity contribution in [3.63, 3.8) is 0 Å². The third kappa shape index (κ3) is 3.55. The minimum Gasteiger partial charge on any atom is -0.507 e. The first-order chi connectivity index (χ1) is 15.6. The molecule has 6 nitrogen and oxygen atoms in total. The van der Waals surface area contributed by atoms with Crippen LogP contribution in [0.3, 0.4) is 0 Å². The number of aromatic nitrogens is 3. The zero-order valence-electron chi connectivity index (χ0n) is 16.7. The Hall–Kier alpha value is -4.23. The van der Waals surface area contributed by atoms with Crippen LogP contribution in [0.2, 0.25) is 0 Å². The van der Waals surface area contributed by atoms with Crippen LogP contribution in [-0.4, -0.2) is 31.3 Å². The van der Waals surface area contributed by atoms with Crippen LogP contribution in [0, 0.1) is 0 Å². The van der Waals surface area contributed by atoms with Crippen LogP contribution in [0.4, 0.5) is 0 Å². The predicted octanol–water partition coefficient (Wildman–Crippen LogP) is 5.55. The van der Waals surface area contributed by atoms with Crippen molar-refractivity contribution in [1.29, 1.82) is 0 Å². The molecule has 5 aromatic rings. The molecule has 32 heavy (non-hydrogen) atoms. The van der Waals surface area contributed by atoms with E-state index in [0.29, 0.717) is 27.7 Å². The fourth-order valence-electron chi connectivity index (χ4n) is 3.45. The molecule has 0 saturated carbocycles. The fraction of sp³-hybridized carbons (Fsp3) is 0. The normalized spacial score (nSPS) is 10.9. The zero-order chi connectivity index (χ0) is 22.1. The van der Waals surface area contributed by atoms with Gasteiger partial charge in [-0.05, 0) is 60.2 Å². The number of thiophene rings is 1. The van der Waals surface area contributed by atoms with Gasteiger partial charge in [-0.1, -0.05) is 30.3 Å². The molecular weight excluding hydrogens is 422 g/mol. The second-order valence-corrected chi connectivity index (χ2v) is 8.19. The number of carbonyl (C=O) groups excluding carboxylic acids is 1. The smallest absolute Gasteiger partial charge is 0.185 e. The molecule has 0 aliphatic rings. The van der Waals surface area contributed by atoms with Gasteiger partial charge in [0, 0.05) is 4.88 Å². The first-order valence-electron chi connectivity index (χ1n) is 9.83. The Morgan fingerprint density at radius 2 is 1.56 bits per heavy atom. The molecular formula is C25H17N3O3S. The lowest BCUT2D eigenvalue weighted by molar-refractivity contribution is 0.112. The molecule has 0 unspecified atom stereocenters. The minimum atomic E-state index is 0.0370. The molecule has 2 aromatic heterocycles. The molecule has 3 aromatic carbocycles. The van der Waals surface area contributed by atoms with Crippen molar-refractivity contribution in [2.75, 3.05) is 0 Å². The van der Waals surface area contributed by atoms with E-state index in [1.165, 1.54) is 11.3 Å². The molecule has 0 aliphatic heterocycles. The van der Waals surface area contributed by atoms with E-state index in [1.54, 1.807) is 47.1 Å². The highest BCUT2D eigenvalue weighted by Gasteiger charge is 2.20. The molecule has 0 atom stereocenters. The van der Waals surface area contributed by atoms with Crippen molar-refractivity contribution in [2.24, 2.45) is 0 Å². The SMILES string of the molecule is O=Cc1ccc(-c2ccc(O)c(-c3nc(-c4ccccc4O)n(-c4ccccc4)n3)c2)s1. The Bertz CT molecular complexity index is 1420. The summed E-state index contributed by atoms with van der Waals surface area (Å²) in [6.07, 6.45) is 0.817. The summed E-state index contributed by atoms with van der Waals surface area (Å²) in [4.78, 5) is 17.3. The summed E-state index contributed by atoms with van der Waals surface area (Å²) in [5.74, 6) is 0.892. The summed E-state index contributed by atoms with van der Waals surface area (Å²) in [7, 11) is 0. The summed E-state index contributed by atoms with van der Waals surface area (Å²) in [5.41, 5.74) is 2.60. The fourth-order valence-corrected chi connectivity index (χ4v) is 4.27. The van der Waals surface area contributed by atoms with Gasteiger partial charge in [-0.25, -0.2) is 9.67 Å². The number of nitrogens with zero attached hydrogens (tertiary/aromatic N) is 3. The van der Waals surface area contributed by atoms with Crippen LogP contribution >= 0.6 is 11.3 Å². The van der Waals surface area contributed by atoms with Crippen molar-refractivity contribution < 1.29 is 15.0 Å². The Labute approximate surface area is 187 Å². The molecule has 2 heterocycles. The molecule has 156 valence electrons. The lowest BCUT2D eigenvalue weighted by Crippen LogP contribution is -1.99. The van der Waals surface area contributed by atoms with E-state index in [-0.39, 0.29) is 11.5 Å². The molecule has 5 rings (SSSR count). The average molecular weight is 439 g/mol. The van der Waals surface area contributed by atoms with Crippen LogP contribution in [0.15, 0.2) is 84.9 Å². The molecule has 7 heteroatoms. The van der Waals surface area contributed by atoms with Crippen LogP contribution in [-0.2, 0) is 0 Å². The largest absolute Gasteiger partial charge is 0.507 e. The number of hydrogen-bond donors (Lipinski definition) is 2. The quantitative estimate of drug-likeness (QED) is 0.350. The van der Waals surface area contributed by atoms with Crippen LogP contribution < -0.4 is 0 Å². The van der Waals surface area contributed by atoms with E-state index in [4.69, 9.17) is 0 Å². The summed E-state index contributed by atoms with van der Waals surface area (Å²) in [5, 5.41) is 25.7. The second kappa shape index (κ2) is 8.13. The molecule has 0 fully saturated rings. The monoisotopic (exact) mass is 439 g/mol. The number of rotatable bonds is 5. The van der Waals surface area contributed by atoms with Gasteiger partial charge in [0.15, 0.2) is 17.9 Å². The highest BCUT2D eigenvalue weighted by atomic mass is 32.1. The van der Waals surface area contributed by atoms with Gasteiger partial charge in [0.05, 0.1) is 21.7 Å². The van der Waals surface area contributed by atoms with Crippen molar-refractivity contribution in [2.45, 2.75) is 0 Å². The van der Waals surface area contributed by atoms with Gasteiger partial charge in [-0.3, -0.25) is 4.79 Å². The van der Waals surface area contributed by atoms with Gasteiger partial charge in [-0.15, -0.1) is 16.4 Å². The van der Waals surface area contributed by atoms with Crippen molar-refractivity contribution >= 4 is 17.6 Å². The molecule has 0 aliphatic carbocycles. The number of carbonyl (C=O) groups is 1. The van der Waals surface area contributed by atoms with Gasteiger partial charge < -0.3 is 10.2 Å². The molecule has 0 bridgehead atoms. The van der Waals surface area contributed by atoms with Crippen molar-refractivity contribution in [3.8, 4) is 50.4 Å². The Kier molecular flexibility index (Phi) is 5.01. The lowest BCUT2D eigenvalue weighted by atomic mass is 10.1. The number of aromatic hydroxyl groups is 2. The second-order valence-electron chi connectivity index (χ2n) is 7.08. The summed E-state index contributed by atoms with van der Waals surface area (Å²) >= 11 is 1.37. The van der Waals surface area contributed by atoms with Crippen molar-refractivity contribution in [1.82, 2.24) is 14.8 Å². The molecule has 0 saturated heterocycles. The van der Waals surface area contributed by atoms with Gasteiger partial charge in [0.1, 0.15) is 11.5 Å². The van der Waals surface area contributed by atoms with Crippen LogP contribution in [0.1, 0.15) is 9.67 Å². The third-order valence-electron chi connectivity index (χ3n) is 5.02. The first kappa shape index (κ1) is 19.7. The topological polar surface area (TPSA) is 88.2 Å². The Balaban J connectivity index is 1.69. The van der Waals surface area contributed by atoms with Gasteiger partial charge in [0.2, 0.25) is 0 Å². The standard InChI is InChI=1S/C25H17N3O3S/c29-15-18-11-13-23(32-18)16-10-12-22(31)20(14-16)24-26-25(19-8-4-5-9-21(19)30)28(27-24)17-6-2-1-3-7-17/h1-15,30-31H. The summed E-state index contributed by atoms with van der Waals surface area (Å²) in [6.45, 7) is 0. The number of benzene rings is 3. The number of phenolic OH excluding ortho intramolecular Hbond substituents is 2. The average Bonchev–Trinajstić information content (AvgIpc) is 3.48. The number of phenols is 2. The lowest BCUT2D eigenvalue weighted by Gasteiger charge is -2.06. The van der Waals surface area contributed by atoms with Gasteiger partial charge in [-0.2, -0.15) is 0 Å². The van der Waals surface area contributed by atoms with E-state index in [1.807, 2.05) is 42.5 Å². The summed E-state index contributed by atoms with van der Waals surface area (Å²) < 4.78 is 1.64. The highest BCUT2D eigenvalue weighted by Crippen LogP contribution is 2.37. The Morgan fingerprint density at radius 3 is 2.31 bits per heavy atom. The zero-order valence-corrected chi connectivity index (χ0v) is 17.5. The maximum atomic E-state index is 11.1. The Morgan fingerprint density at radius 1 is 0.812 bits per heavy atom. The van der Waals surface area contributed by atoms with Gasteiger partial charge in [0.25, 0.3) is 0 Å². The predicted molar refractivity (Wildman–Crippen MR) is 124 cm³/mol. The number of para-hydroxylation sites is 2. The van der Waals surface area contributed by atoms with Crippen LogP contribution in [0.25, 0.3) is 38.9 Å². The maximum Gasteiger partial charge on any atom is 0.185 e. The van der Waals surface area contributed by atoms with E-state index >= 15 is 0 Å². The molecule has 0 radical (unpaired) electrons. The maximum absolute atomic E-state index is 11.1. The van der Waals surface area contributed by atoms with Crippen molar-refractivity contribution in [3.05, 3.63) is 89.8 Å². The molecule has 0 spiro atoms. The number of hydrogen-bond acceptors (Lipinski definition) is 6. The first-order valence-corrected chi connectivity index (χ1v) is 10.7. The van der Waals surface area contributed by atoms with E-state index in [9.17, 15) is 15.0 Å². The van der Waals surface area contributed by atoms with E-state index < -0.39 is 0 Å². The summed E-state index contributed by atoms with van der Waals surface area (Å²) in [6, 6.07) is 25.2. The number of aldehydes is 1. The van der Waals surface area contributed by atoms with E-state index in [2.05, 4.69) is 10.1 Å². The molecule has 0 amide bonds. The minimum absolute atomic E-state index is 0.0370. The van der Waals surface area contributed by atoms with Crippen LogP contribution in [0.5, 0.6) is 11.5 Å². The molecule has 2 N–H and O–H groups in total. The van der Waals surface area contributed by atoms with Gasteiger partial charge >= 0.3 is 0 Å².